The fourth-order valence-corrected chi connectivity index (χ4v) is 2.06. The summed E-state index contributed by atoms with van der Waals surface area (Å²) in [5.41, 5.74) is 0.620. The monoisotopic (exact) mass is 324 g/mol. The average molecular weight is 325 g/mol. The molecule has 0 unspecified atom stereocenters. The van der Waals surface area contributed by atoms with Crippen molar-refractivity contribution in [2.24, 2.45) is 0 Å². The van der Waals surface area contributed by atoms with Gasteiger partial charge in [0.05, 0.1) is 13.2 Å². The zero-order valence-corrected chi connectivity index (χ0v) is 12.2. The Morgan fingerprint density at radius 1 is 1.53 bits per heavy atom. The third kappa shape index (κ3) is 3.80. The summed E-state index contributed by atoms with van der Waals surface area (Å²) in [7, 11) is 2.73. The highest BCUT2D eigenvalue weighted by Gasteiger charge is 2.29. The summed E-state index contributed by atoms with van der Waals surface area (Å²) in [5.74, 6) is -0.982. The molecule has 0 aliphatic rings. The van der Waals surface area contributed by atoms with Gasteiger partial charge in [-0.2, -0.15) is 5.26 Å². The number of likely N-dealkylation sites (N-methyl/N-ethyl adjacent to an activating group) is 1. The number of hydrogen-bond donors (Lipinski definition) is 0. The van der Waals surface area contributed by atoms with Crippen molar-refractivity contribution in [3.8, 4) is 6.07 Å². The third-order valence-electron chi connectivity index (χ3n) is 2.60. The Balaban J connectivity index is 3.12. The van der Waals surface area contributed by atoms with E-state index in [4.69, 9.17) is 10.00 Å². The lowest BCUT2D eigenvalue weighted by Crippen LogP contribution is -2.36. The maximum Gasteiger partial charge on any atom is 0.333 e. The molecular formula is C13H13BrN2O3. The third-order valence-corrected chi connectivity index (χ3v) is 3.09. The van der Waals surface area contributed by atoms with Gasteiger partial charge in [-0.05, 0) is 17.7 Å². The molecule has 0 heterocycles. The van der Waals surface area contributed by atoms with Gasteiger partial charge in [0.15, 0.2) is 6.04 Å². The Bertz CT molecular complexity index is 525. The number of carbonyl (C=O) groups excluding carboxylic acids is 2. The molecule has 0 saturated carbocycles. The Labute approximate surface area is 119 Å². The number of nitrogens with zero attached hydrogens (tertiary/aromatic N) is 2. The van der Waals surface area contributed by atoms with Crippen LogP contribution in [0.4, 0.5) is 0 Å². The van der Waals surface area contributed by atoms with Gasteiger partial charge in [-0.15, -0.1) is 0 Å². The minimum Gasteiger partial charge on any atom is -0.467 e. The predicted octanol–water partition coefficient (Wildman–Crippen LogP) is 2.04. The molecule has 0 bridgehead atoms. The van der Waals surface area contributed by atoms with Crippen molar-refractivity contribution in [3.05, 3.63) is 34.3 Å². The van der Waals surface area contributed by atoms with Crippen LogP contribution in [-0.4, -0.2) is 30.9 Å². The van der Waals surface area contributed by atoms with Gasteiger partial charge >= 0.3 is 5.97 Å². The Morgan fingerprint density at radius 2 is 2.21 bits per heavy atom. The summed E-state index contributed by atoms with van der Waals surface area (Å²) in [4.78, 5) is 24.8. The first-order chi connectivity index (χ1) is 9.01. The van der Waals surface area contributed by atoms with Crippen LogP contribution < -0.4 is 0 Å². The number of rotatable bonds is 4. The zero-order chi connectivity index (χ0) is 14.4. The minimum absolute atomic E-state index is 0.280. The fourth-order valence-electron chi connectivity index (χ4n) is 1.64. The summed E-state index contributed by atoms with van der Waals surface area (Å²) in [6, 6.07) is 7.95. The van der Waals surface area contributed by atoms with E-state index in [1.807, 2.05) is 6.07 Å². The second-order valence-corrected chi connectivity index (χ2v) is 4.74. The van der Waals surface area contributed by atoms with Crippen LogP contribution in [0, 0.1) is 11.3 Å². The van der Waals surface area contributed by atoms with Crippen LogP contribution in [0.25, 0.3) is 0 Å². The molecule has 100 valence electrons. The van der Waals surface area contributed by atoms with Gasteiger partial charge in [-0.25, -0.2) is 4.79 Å². The standard InChI is InChI=1S/C13H13BrN2O3/c1-16(11(17)6-7-15)12(13(18)19-2)9-4-3-5-10(14)8-9/h3-5,8,12H,6H2,1-2H3/t12-/m0/s1. The predicted molar refractivity (Wildman–Crippen MR) is 71.9 cm³/mol. The molecule has 1 aromatic carbocycles. The first-order valence-corrected chi connectivity index (χ1v) is 6.26. The van der Waals surface area contributed by atoms with Crippen LogP contribution in [0.2, 0.25) is 0 Å². The van der Waals surface area contributed by atoms with Crippen LogP contribution in [0.15, 0.2) is 28.7 Å². The molecule has 0 N–H and O–H groups in total. The van der Waals surface area contributed by atoms with Gasteiger partial charge in [0.2, 0.25) is 5.91 Å². The van der Waals surface area contributed by atoms with Crippen LogP contribution in [0.3, 0.4) is 0 Å². The number of hydrogen-bond acceptors (Lipinski definition) is 4. The van der Waals surface area contributed by atoms with E-state index in [9.17, 15) is 9.59 Å². The van der Waals surface area contributed by atoms with Crippen molar-refractivity contribution in [1.29, 1.82) is 5.26 Å². The first-order valence-electron chi connectivity index (χ1n) is 5.47. The van der Waals surface area contributed by atoms with E-state index < -0.39 is 17.9 Å². The Hall–Kier alpha value is -1.87. The van der Waals surface area contributed by atoms with Crippen LogP contribution in [-0.2, 0) is 14.3 Å². The number of amides is 1. The second kappa shape index (κ2) is 6.90. The number of benzene rings is 1. The molecule has 0 spiro atoms. The number of methoxy groups -OCH3 is 1. The molecule has 1 atom stereocenters. The number of carbonyl (C=O) groups is 2. The van der Waals surface area contributed by atoms with Crippen molar-refractivity contribution in [2.45, 2.75) is 12.5 Å². The zero-order valence-electron chi connectivity index (χ0n) is 10.6. The molecule has 0 fully saturated rings. The summed E-state index contributed by atoms with van der Waals surface area (Å²) >= 11 is 3.31. The maximum absolute atomic E-state index is 11.9. The van der Waals surface area contributed by atoms with E-state index in [-0.39, 0.29) is 6.42 Å². The maximum atomic E-state index is 11.9. The molecule has 1 rings (SSSR count). The average Bonchev–Trinajstić information content (AvgIpc) is 2.39. The number of halogens is 1. The van der Waals surface area contributed by atoms with Crippen molar-refractivity contribution in [1.82, 2.24) is 4.90 Å². The van der Waals surface area contributed by atoms with Gasteiger partial charge in [-0.3, -0.25) is 4.79 Å². The molecule has 0 aliphatic carbocycles. The van der Waals surface area contributed by atoms with E-state index >= 15 is 0 Å². The molecule has 1 aromatic rings. The molecule has 19 heavy (non-hydrogen) atoms. The largest absolute Gasteiger partial charge is 0.467 e. The SMILES string of the molecule is COC(=O)[C@H](c1cccc(Br)c1)N(C)C(=O)CC#N. The van der Waals surface area contributed by atoms with E-state index in [0.717, 1.165) is 4.47 Å². The van der Waals surface area contributed by atoms with Gasteiger partial charge in [0.25, 0.3) is 0 Å². The topological polar surface area (TPSA) is 70.4 Å². The van der Waals surface area contributed by atoms with Crippen LogP contribution in [0.1, 0.15) is 18.0 Å². The van der Waals surface area contributed by atoms with Crippen molar-refractivity contribution < 1.29 is 14.3 Å². The molecule has 1 amide bonds. The summed E-state index contributed by atoms with van der Waals surface area (Å²) in [6.07, 6.45) is -0.280. The van der Waals surface area contributed by atoms with E-state index in [1.165, 1.54) is 19.1 Å². The first kappa shape index (κ1) is 15.2. The number of esters is 1. The van der Waals surface area contributed by atoms with E-state index in [2.05, 4.69) is 15.9 Å². The lowest BCUT2D eigenvalue weighted by molar-refractivity contribution is -0.151. The van der Waals surface area contributed by atoms with Crippen LogP contribution >= 0.6 is 15.9 Å². The van der Waals surface area contributed by atoms with E-state index in [1.54, 1.807) is 24.3 Å². The van der Waals surface area contributed by atoms with Gasteiger partial charge in [-0.1, -0.05) is 28.1 Å². The van der Waals surface area contributed by atoms with Crippen LogP contribution in [0.5, 0.6) is 0 Å². The molecular weight excluding hydrogens is 312 g/mol. The summed E-state index contributed by atoms with van der Waals surface area (Å²) < 4.78 is 5.52. The van der Waals surface area contributed by atoms with Gasteiger partial charge in [0.1, 0.15) is 6.42 Å². The second-order valence-electron chi connectivity index (χ2n) is 3.82. The normalized spacial score (nSPS) is 11.3. The Morgan fingerprint density at radius 3 is 2.74 bits per heavy atom. The van der Waals surface area contributed by atoms with Crippen molar-refractivity contribution in [2.75, 3.05) is 14.2 Å². The fraction of sp³-hybridized carbons (Fsp3) is 0.308. The molecule has 5 nitrogen and oxygen atoms in total. The summed E-state index contributed by atoms with van der Waals surface area (Å²) in [6.45, 7) is 0. The number of nitriles is 1. The lowest BCUT2D eigenvalue weighted by atomic mass is 10.1. The highest BCUT2D eigenvalue weighted by molar-refractivity contribution is 9.10. The molecule has 0 radical (unpaired) electrons. The van der Waals surface area contributed by atoms with E-state index in [0.29, 0.717) is 5.56 Å². The molecule has 6 heteroatoms. The molecule has 0 aromatic heterocycles. The highest BCUT2D eigenvalue weighted by Crippen LogP contribution is 2.24. The quantitative estimate of drug-likeness (QED) is 0.794. The smallest absolute Gasteiger partial charge is 0.333 e. The van der Waals surface area contributed by atoms with Gasteiger partial charge < -0.3 is 9.64 Å². The van der Waals surface area contributed by atoms with Crippen molar-refractivity contribution >= 4 is 27.8 Å². The number of ether oxygens (including phenoxy) is 1. The lowest BCUT2D eigenvalue weighted by Gasteiger charge is -2.25. The van der Waals surface area contributed by atoms with Crippen molar-refractivity contribution in [3.63, 3.8) is 0 Å². The molecule has 0 aliphatic heterocycles. The minimum atomic E-state index is -0.858. The molecule has 0 saturated heterocycles. The summed E-state index contributed by atoms with van der Waals surface area (Å²) in [5, 5.41) is 8.56. The highest BCUT2D eigenvalue weighted by atomic mass is 79.9. The Kier molecular flexibility index (Phi) is 5.52. The van der Waals surface area contributed by atoms with Gasteiger partial charge in [0, 0.05) is 11.5 Å².